The van der Waals surface area contributed by atoms with E-state index in [2.05, 4.69) is 20.8 Å². The van der Waals surface area contributed by atoms with Gasteiger partial charge in [0.05, 0.1) is 6.61 Å². The zero-order chi connectivity index (χ0) is 23.9. The number of amides is 2. The Morgan fingerprint density at radius 1 is 1.06 bits per heavy atom. The van der Waals surface area contributed by atoms with E-state index in [1.807, 2.05) is 49.4 Å². The molecule has 4 rings (SSSR count). The van der Waals surface area contributed by atoms with Gasteiger partial charge in [0, 0.05) is 23.9 Å². The molecule has 0 saturated heterocycles. The highest BCUT2D eigenvalue weighted by atomic mass is 16.5. The molecule has 1 aliphatic rings. The highest BCUT2D eigenvalue weighted by Crippen LogP contribution is 2.37. The zero-order valence-electron chi connectivity index (χ0n) is 19.1. The van der Waals surface area contributed by atoms with E-state index in [1.54, 1.807) is 6.07 Å². The van der Waals surface area contributed by atoms with E-state index in [1.165, 1.54) is 5.56 Å². The minimum absolute atomic E-state index is 0.112. The molecule has 0 aliphatic heterocycles. The maximum absolute atomic E-state index is 12.5. The van der Waals surface area contributed by atoms with Gasteiger partial charge in [-0.15, -0.1) is 5.10 Å². The minimum Gasteiger partial charge on any atom is -0.494 e. The highest BCUT2D eigenvalue weighted by molar-refractivity contribution is 6.00. The molecule has 1 heterocycles. The number of anilines is 3. The highest BCUT2D eigenvalue weighted by Gasteiger charge is 2.23. The average molecular weight is 464 g/mol. The van der Waals surface area contributed by atoms with Gasteiger partial charge in [-0.3, -0.25) is 9.59 Å². The summed E-state index contributed by atoms with van der Waals surface area (Å²) >= 11 is 0. The number of aromatic nitrogens is 2. The first kappa shape index (κ1) is 23.3. The van der Waals surface area contributed by atoms with Gasteiger partial charge in [-0.2, -0.15) is 0 Å². The fourth-order valence-corrected chi connectivity index (χ4v) is 4.33. The van der Waals surface area contributed by atoms with Gasteiger partial charge in [-0.25, -0.2) is 0 Å². The van der Waals surface area contributed by atoms with Crippen LogP contribution in [-0.2, 0) is 4.79 Å². The SMILES string of the molecule is CCOc1cccc(Nc2nnc(C(=O)Nc3ccc([C@H]4CC[C@H](CC(N)=O)CC4)cc3)o2)c1. The third-order valence-electron chi connectivity index (χ3n) is 5.99. The molecule has 1 saturated carbocycles. The minimum atomic E-state index is -0.483. The standard InChI is InChI=1S/C25H29N5O4/c1-2-33-21-5-3-4-20(15-21)28-25-30-29-24(34-25)23(32)27-19-12-10-18(11-13-19)17-8-6-16(7-9-17)14-22(26)31/h3-5,10-13,15-17H,2,6-9,14H2,1H3,(H2,26,31)(H,27,32)(H,28,30)/t16-,17-. The van der Waals surface area contributed by atoms with Crippen molar-refractivity contribution in [1.29, 1.82) is 0 Å². The van der Waals surface area contributed by atoms with Crippen molar-refractivity contribution in [2.24, 2.45) is 11.7 Å². The molecule has 3 aromatic rings. The normalized spacial score (nSPS) is 17.7. The Hall–Kier alpha value is -3.88. The lowest BCUT2D eigenvalue weighted by Crippen LogP contribution is -2.20. The number of benzene rings is 2. The van der Waals surface area contributed by atoms with Gasteiger partial charge in [0.25, 0.3) is 0 Å². The lowest BCUT2D eigenvalue weighted by Gasteiger charge is -2.28. The summed E-state index contributed by atoms with van der Waals surface area (Å²) in [5, 5.41) is 13.5. The van der Waals surface area contributed by atoms with Crippen LogP contribution in [0.4, 0.5) is 17.4 Å². The number of hydrogen-bond acceptors (Lipinski definition) is 7. The van der Waals surface area contributed by atoms with Crippen molar-refractivity contribution < 1.29 is 18.7 Å². The maximum Gasteiger partial charge on any atom is 0.320 e. The topological polar surface area (TPSA) is 132 Å². The summed E-state index contributed by atoms with van der Waals surface area (Å²) in [6.45, 7) is 2.48. The third kappa shape index (κ3) is 6.12. The molecule has 34 heavy (non-hydrogen) atoms. The van der Waals surface area contributed by atoms with Crippen LogP contribution in [-0.4, -0.2) is 28.6 Å². The molecule has 178 valence electrons. The van der Waals surface area contributed by atoms with Crippen LogP contribution in [0.15, 0.2) is 52.9 Å². The summed E-state index contributed by atoms with van der Waals surface area (Å²) in [4.78, 5) is 23.7. The first-order chi connectivity index (χ1) is 16.5. The molecule has 1 aliphatic carbocycles. The number of nitrogens with two attached hydrogens (primary N) is 1. The fourth-order valence-electron chi connectivity index (χ4n) is 4.33. The van der Waals surface area contributed by atoms with Crippen LogP contribution in [0.2, 0.25) is 0 Å². The summed E-state index contributed by atoms with van der Waals surface area (Å²) < 4.78 is 10.9. The smallest absolute Gasteiger partial charge is 0.320 e. The molecule has 1 fully saturated rings. The van der Waals surface area contributed by atoms with Gasteiger partial charge >= 0.3 is 17.8 Å². The predicted molar refractivity (Wildman–Crippen MR) is 128 cm³/mol. The van der Waals surface area contributed by atoms with E-state index in [0.29, 0.717) is 42.0 Å². The number of carbonyl (C=O) groups is 2. The van der Waals surface area contributed by atoms with Crippen molar-refractivity contribution in [2.75, 3.05) is 17.2 Å². The maximum atomic E-state index is 12.5. The van der Waals surface area contributed by atoms with Crippen molar-refractivity contribution in [3.63, 3.8) is 0 Å². The number of nitrogens with one attached hydrogen (secondary N) is 2. The van der Waals surface area contributed by atoms with Crippen molar-refractivity contribution in [1.82, 2.24) is 10.2 Å². The van der Waals surface area contributed by atoms with Crippen LogP contribution in [0.25, 0.3) is 0 Å². The molecule has 0 bridgehead atoms. The quantitative estimate of drug-likeness (QED) is 0.422. The summed E-state index contributed by atoms with van der Waals surface area (Å²) in [5.74, 6) is 0.730. The zero-order valence-corrected chi connectivity index (χ0v) is 19.1. The molecular weight excluding hydrogens is 434 g/mol. The molecule has 2 aromatic carbocycles. The molecule has 4 N–H and O–H groups in total. The Balaban J connectivity index is 1.31. The van der Waals surface area contributed by atoms with E-state index in [0.717, 1.165) is 25.7 Å². The molecule has 0 spiro atoms. The molecule has 2 amide bonds. The van der Waals surface area contributed by atoms with Crippen molar-refractivity contribution in [3.05, 3.63) is 60.0 Å². The molecule has 9 heteroatoms. The van der Waals surface area contributed by atoms with E-state index in [9.17, 15) is 9.59 Å². The van der Waals surface area contributed by atoms with Gasteiger partial charge in [0.1, 0.15) is 5.75 Å². The lowest BCUT2D eigenvalue weighted by molar-refractivity contribution is -0.119. The molecule has 0 unspecified atom stereocenters. The van der Waals surface area contributed by atoms with E-state index >= 15 is 0 Å². The van der Waals surface area contributed by atoms with Gasteiger partial charge in [-0.1, -0.05) is 23.3 Å². The van der Waals surface area contributed by atoms with E-state index < -0.39 is 5.91 Å². The fraction of sp³-hybridized carbons (Fsp3) is 0.360. The second-order valence-electron chi connectivity index (χ2n) is 8.46. The Bertz CT molecular complexity index is 1120. The molecule has 0 atom stereocenters. The first-order valence-corrected chi connectivity index (χ1v) is 11.5. The second-order valence-corrected chi connectivity index (χ2v) is 8.46. The third-order valence-corrected chi connectivity index (χ3v) is 5.99. The first-order valence-electron chi connectivity index (χ1n) is 11.5. The van der Waals surface area contributed by atoms with Gasteiger partial charge in [0.15, 0.2) is 0 Å². The lowest BCUT2D eigenvalue weighted by atomic mass is 9.77. The van der Waals surface area contributed by atoms with Crippen LogP contribution in [0.3, 0.4) is 0 Å². The monoisotopic (exact) mass is 463 g/mol. The number of carbonyl (C=O) groups excluding carboxylic acids is 2. The molecule has 9 nitrogen and oxygen atoms in total. The van der Waals surface area contributed by atoms with E-state index in [4.69, 9.17) is 14.9 Å². The van der Waals surface area contributed by atoms with E-state index in [-0.39, 0.29) is 17.8 Å². The predicted octanol–water partition coefficient (Wildman–Crippen LogP) is 4.61. The number of primary amides is 1. The summed E-state index contributed by atoms with van der Waals surface area (Å²) in [6.07, 6.45) is 4.57. The Kier molecular flexibility index (Phi) is 7.41. The summed E-state index contributed by atoms with van der Waals surface area (Å²) in [6, 6.07) is 15.2. The average Bonchev–Trinajstić information content (AvgIpc) is 3.29. The van der Waals surface area contributed by atoms with Crippen LogP contribution >= 0.6 is 0 Å². The molecule has 0 radical (unpaired) electrons. The van der Waals surface area contributed by atoms with Crippen LogP contribution in [0.1, 0.15) is 61.2 Å². The van der Waals surface area contributed by atoms with Gasteiger partial charge < -0.3 is 25.5 Å². The van der Waals surface area contributed by atoms with Crippen LogP contribution in [0.5, 0.6) is 5.75 Å². The number of hydrogen-bond donors (Lipinski definition) is 3. The van der Waals surface area contributed by atoms with Crippen molar-refractivity contribution >= 4 is 29.2 Å². The van der Waals surface area contributed by atoms with Crippen LogP contribution < -0.4 is 21.1 Å². The largest absolute Gasteiger partial charge is 0.494 e. The Morgan fingerprint density at radius 2 is 1.82 bits per heavy atom. The summed E-state index contributed by atoms with van der Waals surface area (Å²) in [5.41, 5.74) is 7.91. The molecular formula is C25H29N5O4. The summed E-state index contributed by atoms with van der Waals surface area (Å²) in [7, 11) is 0. The van der Waals surface area contributed by atoms with Crippen LogP contribution in [0, 0.1) is 5.92 Å². The van der Waals surface area contributed by atoms with Gasteiger partial charge in [-0.05, 0) is 74.3 Å². The van der Waals surface area contributed by atoms with Crippen molar-refractivity contribution in [2.45, 2.75) is 44.9 Å². The number of ether oxygens (including phenoxy) is 1. The van der Waals surface area contributed by atoms with Crippen molar-refractivity contribution in [3.8, 4) is 5.75 Å². The Morgan fingerprint density at radius 3 is 2.53 bits per heavy atom. The van der Waals surface area contributed by atoms with Gasteiger partial charge in [0.2, 0.25) is 5.91 Å². The second kappa shape index (κ2) is 10.8. The number of rotatable bonds is 9. The number of nitrogens with zero attached hydrogens (tertiary/aromatic N) is 2. The molecule has 1 aromatic heterocycles. The Labute approximate surface area is 198 Å².